The molecule has 10 heteroatoms. The van der Waals surface area contributed by atoms with E-state index in [1.54, 1.807) is 6.92 Å². The maximum atomic E-state index is 12.3. The molecular weight excluding hydrogens is 456 g/mol. The average Bonchev–Trinajstić information content (AvgIpc) is 2.64. The first-order valence-electron chi connectivity index (χ1n) is 10.3. The van der Waals surface area contributed by atoms with Crippen LogP contribution in [0.15, 0.2) is 0 Å². The third-order valence-corrected chi connectivity index (χ3v) is 7.00. The number of nitriles is 1. The van der Waals surface area contributed by atoms with Gasteiger partial charge in [-0.3, -0.25) is 9.59 Å². The number of carbonyl (C=O) groups excluding carboxylic acids is 1. The summed E-state index contributed by atoms with van der Waals surface area (Å²) in [5, 5.41) is 21.1. The minimum Gasteiger partial charge on any atom is -0.481 e. The van der Waals surface area contributed by atoms with Crippen LogP contribution in [0.1, 0.15) is 67.2 Å². The van der Waals surface area contributed by atoms with E-state index in [0.29, 0.717) is 26.0 Å². The molecule has 0 radical (unpaired) electrons. The Morgan fingerprint density at radius 1 is 1.06 bits per heavy atom. The first-order valence-corrected chi connectivity index (χ1v) is 12.5. The first kappa shape index (κ1) is 30.1. The van der Waals surface area contributed by atoms with Crippen LogP contribution in [0.5, 0.6) is 0 Å². The van der Waals surface area contributed by atoms with Gasteiger partial charge >= 0.3 is 5.97 Å². The third kappa shape index (κ3) is 15.6. The molecule has 0 aliphatic carbocycles. The van der Waals surface area contributed by atoms with Crippen molar-refractivity contribution in [3.05, 3.63) is 0 Å². The lowest BCUT2D eigenvalue weighted by molar-refractivity contribution is -0.140. The highest BCUT2D eigenvalue weighted by Crippen LogP contribution is 2.34. The van der Waals surface area contributed by atoms with E-state index >= 15 is 0 Å². The van der Waals surface area contributed by atoms with Crippen LogP contribution in [0.25, 0.3) is 0 Å². The topological polar surface area (TPSA) is 109 Å². The van der Waals surface area contributed by atoms with Gasteiger partial charge in [-0.05, 0) is 53.2 Å². The SMILES string of the molecule is CCSC(=S)SC(C)(C#N)CCC(=O)NCC(C)(C)OCCC(C)(C)OCCC(=O)O. The molecule has 0 aliphatic rings. The number of nitrogens with zero attached hydrogens (tertiary/aromatic N) is 1. The first-order chi connectivity index (χ1) is 14.2. The van der Waals surface area contributed by atoms with E-state index in [2.05, 4.69) is 11.4 Å². The number of carbonyl (C=O) groups is 2. The fourth-order valence-electron chi connectivity index (χ4n) is 2.32. The molecule has 0 saturated carbocycles. The Morgan fingerprint density at radius 2 is 1.68 bits per heavy atom. The number of ether oxygens (including phenoxy) is 2. The van der Waals surface area contributed by atoms with Gasteiger partial charge in [-0.25, -0.2) is 0 Å². The highest BCUT2D eigenvalue weighted by molar-refractivity contribution is 8.47. The second kappa shape index (κ2) is 14.3. The van der Waals surface area contributed by atoms with Gasteiger partial charge in [0.2, 0.25) is 5.91 Å². The molecule has 0 aromatic rings. The van der Waals surface area contributed by atoms with Gasteiger partial charge in [-0.2, -0.15) is 5.26 Å². The average molecular weight is 493 g/mol. The zero-order valence-corrected chi connectivity index (χ0v) is 21.9. The van der Waals surface area contributed by atoms with E-state index < -0.39 is 21.9 Å². The number of aliphatic carboxylic acids is 1. The molecule has 0 aliphatic heterocycles. The normalized spacial score (nSPS) is 13.8. The number of hydrogen-bond acceptors (Lipinski definition) is 8. The van der Waals surface area contributed by atoms with Gasteiger partial charge in [0.05, 0.1) is 36.9 Å². The molecule has 0 saturated heterocycles. The van der Waals surface area contributed by atoms with Crippen molar-refractivity contribution in [2.24, 2.45) is 0 Å². The van der Waals surface area contributed by atoms with Crippen molar-refractivity contribution in [1.29, 1.82) is 5.26 Å². The lowest BCUT2D eigenvalue weighted by Crippen LogP contribution is -2.41. The predicted octanol–water partition coefficient (Wildman–Crippen LogP) is 4.39. The number of carboxylic acids is 1. The lowest BCUT2D eigenvalue weighted by Gasteiger charge is -2.30. The highest BCUT2D eigenvalue weighted by atomic mass is 32.2. The van der Waals surface area contributed by atoms with Crippen LogP contribution in [0, 0.1) is 11.3 Å². The maximum absolute atomic E-state index is 12.3. The Hall–Kier alpha value is -0.860. The molecule has 0 heterocycles. The molecule has 0 aromatic heterocycles. The number of nitrogens with one attached hydrogen (secondary N) is 1. The number of thiocarbonyl (C=S) groups is 1. The quantitative estimate of drug-likeness (QED) is 0.322. The zero-order chi connectivity index (χ0) is 24.1. The van der Waals surface area contributed by atoms with Crippen molar-refractivity contribution in [3.63, 3.8) is 0 Å². The summed E-state index contributed by atoms with van der Waals surface area (Å²) in [6.45, 7) is 12.3. The monoisotopic (exact) mass is 492 g/mol. The fourth-order valence-corrected chi connectivity index (χ4v) is 5.22. The van der Waals surface area contributed by atoms with Crippen LogP contribution >= 0.6 is 35.7 Å². The molecular formula is C21H36N2O5S3. The number of rotatable bonds is 15. The summed E-state index contributed by atoms with van der Waals surface area (Å²) in [5.41, 5.74) is -1.07. The number of thioether (sulfide) groups is 2. The molecule has 0 bridgehead atoms. The van der Waals surface area contributed by atoms with Crippen molar-refractivity contribution in [2.45, 2.75) is 83.2 Å². The van der Waals surface area contributed by atoms with Gasteiger partial charge < -0.3 is 19.9 Å². The Bertz CT molecular complexity index is 649. The molecule has 1 unspecified atom stereocenters. The van der Waals surface area contributed by atoms with Gasteiger partial charge in [0.25, 0.3) is 0 Å². The van der Waals surface area contributed by atoms with Gasteiger partial charge in [0.1, 0.15) is 8.28 Å². The minimum atomic E-state index is -0.889. The van der Waals surface area contributed by atoms with E-state index in [-0.39, 0.29) is 25.4 Å². The molecule has 0 aromatic carbocycles. The van der Waals surface area contributed by atoms with E-state index in [4.69, 9.17) is 26.8 Å². The largest absolute Gasteiger partial charge is 0.481 e. The summed E-state index contributed by atoms with van der Waals surface area (Å²) in [5.74, 6) is -0.167. The Labute approximate surface area is 200 Å². The Balaban J connectivity index is 4.34. The van der Waals surface area contributed by atoms with Gasteiger partial charge in [-0.15, -0.1) is 11.8 Å². The zero-order valence-electron chi connectivity index (χ0n) is 19.4. The van der Waals surface area contributed by atoms with Crippen molar-refractivity contribution < 1.29 is 24.2 Å². The van der Waals surface area contributed by atoms with E-state index in [0.717, 1.165) is 9.28 Å². The molecule has 1 amide bonds. The minimum absolute atomic E-state index is 0.0333. The molecule has 7 nitrogen and oxygen atoms in total. The number of hydrogen-bond donors (Lipinski definition) is 2. The summed E-state index contributed by atoms with van der Waals surface area (Å²) in [6, 6.07) is 2.27. The van der Waals surface area contributed by atoms with Crippen molar-refractivity contribution >= 4 is 51.1 Å². The molecule has 0 rings (SSSR count). The summed E-state index contributed by atoms with van der Waals surface area (Å²) >= 11 is 8.14. The van der Waals surface area contributed by atoms with Gasteiger partial charge in [-0.1, -0.05) is 30.9 Å². The van der Waals surface area contributed by atoms with Crippen LogP contribution in [-0.2, 0) is 19.1 Å². The van der Waals surface area contributed by atoms with Gasteiger partial charge in [0.15, 0.2) is 0 Å². The summed E-state index contributed by atoms with van der Waals surface area (Å²) < 4.78 is 11.5. The van der Waals surface area contributed by atoms with Crippen molar-refractivity contribution in [3.8, 4) is 6.07 Å². The highest BCUT2D eigenvalue weighted by Gasteiger charge is 2.28. The van der Waals surface area contributed by atoms with Crippen LogP contribution in [0.2, 0.25) is 0 Å². The predicted molar refractivity (Wildman–Crippen MR) is 132 cm³/mol. The molecule has 1 atom stereocenters. The molecule has 2 N–H and O–H groups in total. The van der Waals surface area contributed by atoms with Crippen LogP contribution < -0.4 is 5.32 Å². The maximum Gasteiger partial charge on any atom is 0.305 e. The number of carboxylic acid groups (broad SMARTS) is 1. The summed E-state index contributed by atoms with van der Waals surface area (Å²) in [4.78, 5) is 22.9. The fraction of sp³-hybridized carbons (Fsp3) is 0.810. The van der Waals surface area contributed by atoms with Crippen LogP contribution in [-0.4, -0.2) is 62.0 Å². The Kier molecular flexibility index (Phi) is 13.9. The smallest absolute Gasteiger partial charge is 0.305 e. The van der Waals surface area contributed by atoms with Crippen molar-refractivity contribution in [2.75, 3.05) is 25.5 Å². The molecule has 0 spiro atoms. The van der Waals surface area contributed by atoms with E-state index in [1.807, 2.05) is 34.6 Å². The molecule has 31 heavy (non-hydrogen) atoms. The Morgan fingerprint density at radius 3 is 2.23 bits per heavy atom. The molecule has 0 fully saturated rings. The standard InChI is InChI=1S/C21H36N2O5S3/c1-7-30-18(29)31-21(6,14-22)10-8-16(24)23-15-20(4,5)28-13-11-19(2,3)27-12-9-17(25)26/h7-13,15H2,1-6H3,(H,23,24)(H,25,26). The summed E-state index contributed by atoms with van der Waals surface area (Å²) in [7, 11) is 0. The van der Waals surface area contributed by atoms with E-state index in [9.17, 15) is 14.9 Å². The van der Waals surface area contributed by atoms with E-state index in [1.165, 1.54) is 23.5 Å². The van der Waals surface area contributed by atoms with Gasteiger partial charge in [0, 0.05) is 13.0 Å². The third-order valence-electron chi connectivity index (χ3n) is 4.35. The van der Waals surface area contributed by atoms with Crippen LogP contribution in [0.4, 0.5) is 0 Å². The molecule has 178 valence electrons. The lowest BCUT2D eigenvalue weighted by atomic mass is 10.0. The van der Waals surface area contributed by atoms with Crippen LogP contribution in [0.3, 0.4) is 0 Å². The summed E-state index contributed by atoms with van der Waals surface area (Å²) in [6.07, 6.45) is 1.20. The second-order valence-electron chi connectivity index (χ2n) is 8.51. The number of amides is 1. The second-order valence-corrected chi connectivity index (χ2v) is 12.5. The van der Waals surface area contributed by atoms with Crippen molar-refractivity contribution in [1.82, 2.24) is 5.32 Å².